The number of thiazole rings is 1. The number of alkyl halides is 3. The van der Waals surface area contributed by atoms with Crippen molar-refractivity contribution in [1.82, 2.24) is 20.5 Å². The van der Waals surface area contributed by atoms with E-state index >= 15 is 0 Å². The number of aliphatic imine (C=N–C) groups is 1. The van der Waals surface area contributed by atoms with Crippen LogP contribution in [0.15, 0.2) is 10.4 Å². The van der Waals surface area contributed by atoms with Crippen LogP contribution in [0.1, 0.15) is 36.4 Å². The Morgan fingerprint density at radius 2 is 2.14 bits per heavy atom. The lowest BCUT2D eigenvalue weighted by atomic mass is 9.95. The number of carbonyl (C=O) groups is 1. The number of aromatic nitrogens is 1. The molecule has 3 atom stereocenters. The molecule has 1 heterocycles. The lowest BCUT2D eigenvalue weighted by Gasteiger charge is -2.25. The highest BCUT2D eigenvalue weighted by atomic mass is 32.1. The summed E-state index contributed by atoms with van der Waals surface area (Å²) in [4.78, 5) is 21.3. The summed E-state index contributed by atoms with van der Waals surface area (Å²) in [6, 6.07) is 0.344. The number of carbonyl (C=O) groups excluding carboxylic acids is 1. The molecule has 156 valence electrons. The molecule has 3 rings (SSSR count). The maximum Gasteiger partial charge on any atom is 0.434 e. The molecule has 10 heteroatoms. The van der Waals surface area contributed by atoms with Crippen molar-refractivity contribution < 1.29 is 18.0 Å². The van der Waals surface area contributed by atoms with Crippen LogP contribution in [0.5, 0.6) is 0 Å². The molecule has 1 aromatic heterocycles. The third kappa shape index (κ3) is 5.36. The Morgan fingerprint density at radius 3 is 2.71 bits per heavy atom. The second kappa shape index (κ2) is 8.67. The SMILES string of the molecule is CN(C)C(=O)CN=C(NCCc1nc(C(F)(F)F)cs1)NC1CC2CCC1C2. The standard InChI is InChI=1S/C18H26F3N5OS/c1-26(2)16(27)9-23-17(24-13-8-11-3-4-12(13)7-11)22-6-5-15-25-14(10-28-15)18(19,20)21/h10-13H,3-9H2,1-2H3,(H2,22,23,24). The van der Waals surface area contributed by atoms with Crippen LogP contribution in [-0.4, -0.2) is 55.0 Å². The molecular weight excluding hydrogens is 391 g/mol. The van der Waals surface area contributed by atoms with E-state index < -0.39 is 11.9 Å². The van der Waals surface area contributed by atoms with Gasteiger partial charge in [0.15, 0.2) is 11.7 Å². The Balaban J connectivity index is 1.56. The van der Waals surface area contributed by atoms with Gasteiger partial charge in [0.25, 0.3) is 0 Å². The first kappa shape index (κ1) is 20.9. The molecule has 6 nitrogen and oxygen atoms in total. The predicted octanol–water partition coefficient (Wildman–Crippen LogP) is 2.52. The largest absolute Gasteiger partial charge is 0.434 e. The molecule has 2 aliphatic rings. The highest BCUT2D eigenvalue weighted by Gasteiger charge is 2.39. The minimum absolute atomic E-state index is 0.0264. The molecule has 0 saturated heterocycles. The maximum absolute atomic E-state index is 12.7. The minimum Gasteiger partial charge on any atom is -0.356 e. The number of fused-ring (bicyclic) bond motifs is 2. The van der Waals surface area contributed by atoms with Crippen LogP contribution in [-0.2, 0) is 17.4 Å². The molecule has 2 aliphatic carbocycles. The molecule has 2 fully saturated rings. The molecule has 0 radical (unpaired) electrons. The number of nitrogens with zero attached hydrogens (tertiary/aromatic N) is 3. The van der Waals surface area contributed by atoms with E-state index in [1.165, 1.54) is 24.2 Å². The van der Waals surface area contributed by atoms with Crippen LogP contribution < -0.4 is 10.6 Å². The normalized spacial score (nSPS) is 24.5. The van der Waals surface area contributed by atoms with E-state index in [1.54, 1.807) is 14.1 Å². The Hall–Kier alpha value is -1.84. The molecule has 28 heavy (non-hydrogen) atoms. The van der Waals surface area contributed by atoms with Gasteiger partial charge < -0.3 is 15.5 Å². The summed E-state index contributed by atoms with van der Waals surface area (Å²) in [7, 11) is 3.35. The Morgan fingerprint density at radius 1 is 1.36 bits per heavy atom. The third-order valence-corrected chi connectivity index (χ3v) is 6.31. The van der Waals surface area contributed by atoms with Crippen molar-refractivity contribution in [3.05, 3.63) is 16.1 Å². The number of hydrogen-bond donors (Lipinski definition) is 2. The molecule has 1 aromatic rings. The van der Waals surface area contributed by atoms with Gasteiger partial charge in [-0.15, -0.1) is 11.3 Å². The van der Waals surface area contributed by atoms with Crippen molar-refractivity contribution in [3.8, 4) is 0 Å². The zero-order valence-electron chi connectivity index (χ0n) is 16.1. The number of hydrogen-bond acceptors (Lipinski definition) is 4. The van der Waals surface area contributed by atoms with Crippen molar-refractivity contribution in [1.29, 1.82) is 0 Å². The van der Waals surface area contributed by atoms with Crippen molar-refractivity contribution in [2.45, 2.75) is 44.3 Å². The van der Waals surface area contributed by atoms with Gasteiger partial charge in [0.05, 0.1) is 5.01 Å². The van der Waals surface area contributed by atoms with Crippen molar-refractivity contribution in [2.24, 2.45) is 16.8 Å². The maximum atomic E-state index is 12.7. The molecule has 3 unspecified atom stereocenters. The van der Waals surface area contributed by atoms with Crippen molar-refractivity contribution in [3.63, 3.8) is 0 Å². The predicted molar refractivity (Wildman–Crippen MR) is 102 cm³/mol. The minimum atomic E-state index is -4.41. The fourth-order valence-corrected chi connectivity index (χ4v) is 4.69. The Labute approximate surface area is 166 Å². The average Bonchev–Trinajstić information content (AvgIpc) is 3.35. The van der Waals surface area contributed by atoms with E-state index in [0.29, 0.717) is 35.9 Å². The first-order valence-electron chi connectivity index (χ1n) is 9.49. The zero-order chi connectivity index (χ0) is 20.3. The lowest BCUT2D eigenvalue weighted by molar-refractivity contribution is -0.140. The molecule has 0 spiro atoms. The first-order valence-corrected chi connectivity index (χ1v) is 10.4. The van der Waals surface area contributed by atoms with Crippen LogP contribution in [0.4, 0.5) is 13.2 Å². The number of likely N-dealkylation sites (N-methyl/N-ethyl adjacent to an activating group) is 1. The fourth-order valence-electron chi connectivity index (χ4n) is 3.88. The van der Waals surface area contributed by atoms with Gasteiger partial charge in [-0.1, -0.05) is 6.42 Å². The number of halogens is 3. The van der Waals surface area contributed by atoms with Crippen LogP contribution in [0.25, 0.3) is 0 Å². The van der Waals surface area contributed by atoms with Crippen LogP contribution in [0.3, 0.4) is 0 Å². The molecule has 0 aromatic carbocycles. The topological polar surface area (TPSA) is 69.6 Å². The molecule has 2 saturated carbocycles. The summed E-state index contributed by atoms with van der Waals surface area (Å²) < 4.78 is 38.0. The molecule has 2 bridgehead atoms. The summed E-state index contributed by atoms with van der Waals surface area (Å²) in [6.45, 7) is 0.423. The van der Waals surface area contributed by atoms with Gasteiger partial charge in [-0.05, 0) is 31.1 Å². The van der Waals surface area contributed by atoms with Gasteiger partial charge in [-0.25, -0.2) is 9.98 Å². The quantitative estimate of drug-likeness (QED) is 0.551. The van der Waals surface area contributed by atoms with Crippen molar-refractivity contribution in [2.75, 3.05) is 27.2 Å². The summed E-state index contributed by atoms with van der Waals surface area (Å²) in [5.74, 6) is 1.84. The molecule has 1 amide bonds. The zero-order valence-corrected chi connectivity index (χ0v) is 16.9. The van der Waals surface area contributed by atoms with Gasteiger partial charge in [-0.3, -0.25) is 4.79 Å². The van der Waals surface area contributed by atoms with Gasteiger partial charge in [0, 0.05) is 38.5 Å². The smallest absolute Gasteiger partial charge is 0.356 e. The van der Waals surface area contributed by atoms with Crippen LogP contribution in [0.2, 0.25) is 0 Å². The Kier molecular flexibility index (Phi) is 6.47. The van der Waals surface area contributed by atoms with E-state index in [-0.39, 0.29) is 12.5 Å². The molecule has 2 N–H and O–H groups in total. The number of rotatable bonds is 6. The number of amides is 1. The summed E-state index contributed by atoms with van der Waals surface area (Å²) in [5.41, 5.74) is -0.849. The lowest BCUT2D eigenvalue weighted by Crippen LogP contribution is -2.46. The fraction of sp³-hybridized carbons (Fsp3) is 0.722. The van der Waals surface area contributed by atoms with Crippen molar-refractivity contribution >= 4 is 23.2 Å². The number of guanidine groups is 1. The highest BCUT2D eigenvalue weighted by Crippen LogP contribution is 2.44. The number of nitrogens with one attached hydrogen (secondary N) is 2. The Bertz CT molecular complexity index is 718. The van der Waals surface area contributed by atoms with E-state index in [1.807, 2.05) is 0 Å². The first-order chi connectivity index (χ1) is 13.2. The summed E-state index contributed by atoms with van der Waals surface area (Å²) in [5, 5.41) is 8.03. The average molecular weight is 418 g/mol. The van der Waals surface area contributed by atoms with Gasteiger partial charge in [0.2, 0.25) is 5.91 Å². The van der Waals surface area contributed by atoms with E-state index in [4.69, 9.17) is 0 Å². The third-order valence-electron chi connectivity index (χ3n) is 5.40. The van der Waals surface area contributed by atoms with E-state index in [9.17, 15) is 18.0 Å². The molecular formula is C18H26F3N5OS. The van der Waals surface area contributed by atoms with Gasteiger partial charge in [0.1, 0.15) is 6.54 Å². The monoisotopic (exact) mass is 417 g/mol. The highest BCUT2D eigenvalue weighted by molar-refractivity contribution is 7.09. The molecule has 0 aliphatic heterocycles. The van der Waals surface area contributed by atoms with E-state index in [0.717, 1.165) is 29.1 Å². The van der Waals surface area contributed by atoms with Gasteiger partial charge in [-0.2, -0.15) is 13.2 Å². The van der Waals surface area contributed by atoms with Crippen LogP contribution in [0, 0.1) is 11.8 Å². The summed E-state index contributed by atoms with van der Waals surface area (Å²) >= 11 is 1.00. The second-order valence-electron chi connectivity index (χ2n) is 7.68. The second-order valence-corrected chi connectivity index (χ2v) is 8.62. The van der Waals surface area contributed by atoms with Gasteiger partial charge >= 0.3 is 6.18 Å². The van der Waals surface area contributed by atoms with E-state index in [2.05, 4.69) is 20.6 Å². The van der Waals surface area contributed by atoms with Crippen LogP contribution >= 0.6 is 11.3 Å². The summed E-state index contributed by atoms with van der Waals surface area (Å²) in [6.07, 6.45) is 0.791.